The summed E-state index contributed by atoms with van der Waals surface area (Å²) in [5, 5.41) is 0. The van der Waals surface area contributed by atoms with Gasteiger partial charge in [0.05, 0.1) is 18.3 Å². The van der Waals surface area contributed by atoms with Gasteiger partial charge in [-0.2, -0.15) is 0 Å². The highest BCUT2D eigenvalue weighted by Crippen LogP contribution is 2.57. The molecule has 0 aliphatic carbocycles. The van der Waals surface area contributed by atoms with Crippen molar-refractivity contribution in [1.29, 1.82) is 0 Å². The highest BCUT2D eigenvalue weighted by atomic mass is 31.2. The second kappa shape index (κ2) is 3.70. The molecule has 13 heavy (non-hydrogen) atoms. The van der Waals surface area contributed by atoms with E-state index in [1.54, 1.807) is 6.92 Å². The van der Waals surface area contributed by atoms with Crippen LogP contribution < -0.4 is 0 Å². The van der Waals surface area contributed by atoms with Crippen molar-refractivity contribution in [2.24, 2.45) is 0 Å². The van der Waals surface area contributed by atoms with Crippen molar-refractivity contribution >= 4 is 7.82 Å². The molecule has 0 N–H and O–H groups in total. The van der Waals surface area contributed by atoms with Crippen molar-refractivity contribution in [3.05, 3.63) is 0 Å². The molecule has 0 bridgehead atoms. The number of phosphoric acid groups is 1. The molecule has 0 aromatic heterocycles. The van der Waals surface area contributed by atoms with E-state index in [9.17, 15) is 4.57 Å². The van der Waals surface area contributed by atoms with Crippen LogP contribution in [0.4, 0.5) is 0 Å². The van der Waals surface area contributed by atoms with Crippen LogP contribution in [-0.2, 0) is 18.1 Å². The molecule has 0 radical (unpaired) electrons. The Balaban J connectivity index is 2.72. The lowest BCUT2D eigenvalue weighted by Crippen LogP contribution is -2.34. The molecule has 1 aliphatic rings. The molecule has 0 spiro atoms. The summed E-state index contributed by atoms with van der Waals surface area (Å²) >= 11 is 0. The van der Waals surface area contributed by atoms with Gasteiger partial charge in [0.25, 0.3) is 0 Å². The van der Waals surface area contributed by atoms with Crippen molar-refractivity contribution in [2.45, 2.75) is 45.8 Å². The van der Waals surface area contributed by atoms with E-state index in [0.29, 0.717) is 6.61 Å². The van der Waals surface area contributed by atoms with Crippen LogP contribution in [0.3, 0.4) is 0 Å². The molecule has 1 heterocycles. The third kappa shape index (κ3) is 3.06. The minimum Gasteiger partial charge on any atom is -0.287 e. The molecule has 4 nitrogen and oxygen atoms in total. The fourth-order valence-electron chi connectivity index (χ4n) is 1.53. The molecular weight excluding hydrogens is 191 g/mol. The van der Waals surface area contributed by atoms with Gasteiger partial charge in [-0.15, -0.1) is 0 Å². The molecule has 5 heteroatoms. The third-order valence-electron chi connectivity index (χ3n) is 1.73. The van der Waals surface area contributed by atoms with Gasteiger partial charge >= 0.3 is 7.82 Å². The summed E-state index contributed by atoms with van der Waals surface area (Å²) in [6.45, 7) is 7.74. The third-order valence-corrected chi connectivity index (χ3v) is 3.64. The van der Waals surface area contributed by atoms with E-state index >= 15 is 0 Å². The quantitative estimate of drug-likeness (QED) is 0.654. The smallest absolute Gasteiger partial charge is 0.287 e. The van der Waals surface area contributed by atoms with Gasteiger partial charge < -0.3 is 0 Å². The van der Waals surface area contributed by atoms with Crippen LogP contribution in [-0.4, -0.2) is 18.3 Å². The van der Waals surface area contributed by atoms with Crippen LogP contribution in [0, 0.1) is 0 Å². The zero-order valence-electron chi connectivity index (χ0n) is 8.57. The van der Waals surface area contributed by atoms with Crippen LogP contribution in [0.2, 0.25) is 0 Å². The van der Waals surface area contributed by atoms with E-state index in [-0.39, 0.29) is 6.10 Å². The molecule has 2 atom stereocenters. The number of hydrogen-bond acceptors (Lipinski definition) is 4. The highest BCUT2D eigenvalue weighted by Gasteiger charge is 2.42. The first-order valence-electron chi connectivity index (χ1n) is 4.51. The second-order valence-electron chi connectivity index (χ2n) is 3.84. The average Bonchev–Trinajstić information content (AvgIpc) is 1.78. The minimum absolute atomic E-state index is 0.0823. The Morgan fingerprint density at radius 1 is 1.62 bits per heavy atom. The standard InChI is InChI=1S/C8H17O4P/c1-5-10-13(9)11-7(2)6-8(3,4)12-13/h7H,5-6H2,1-4H3. The Hall–Kier alpha value is 0.110. The van der Waals surface area contributed by atoms with E-state index in [0.717, 1.165) is 6.42 Å². The fraction of sp³-hybridized carbons (Fsp3) is 1.00. The largest absolute Gasteiger partial charge is 0.475 e. The van der Waals surface area contributed by atoms with Crippen LogP contribution in [0.5, 0.6) is 0 Å². The molecule has 1 aliphatic heterocycles. The van der Waals surface area contributed by atoms with Gasteiger partial charge in [0.2, 0.25) is 0 Å². The summed E-state index contributed by atoms with van der Waals surface area (Å²) in [4.78, 5) is 0. The van der Waals surface area contributed by atoms with Crippen molar-refractivity contribution in [2.75, 3.05) is 6.61 Å². The van der Waals surface area contributed by atoms with Gasteiger partial charge in [0.1, 0.15) is 0 Å². The molecule has 0 aromatic carbocycles. The molecular formula is C8H17O4P. The predicted molar refractivity (Wildman–Crippen MR) is 49.6 cm³/mol. The Kier molecular flexibility index (Phi) is 3.18. The lowest BCUT2D eigenvalue weighted by atomic mass is 10.0. The van der Waals surface area contributed by atoms with Gasteiger partial charge in [-0.05, 0) is 27.7 Å². The first kappa shape index (κ1) is 11.2. The first-order chi connectivity index (χ1) is 5.87. The van der Waals surface area contributed by atoms with Crippen molar-refractivity contribution in [3.8, 4) is 0 Å². The number of phosphoric ester groups is 1. The van der Waals surface area contributed by atoms with Crippen molar-refractivity contribution in [3.63, 3.8) is 0 Å². The topological polar surface area (TPSA) is 44.8 Å². The summed E-state index contributed by atoms with van der Waals surface area (Å²) in [7, 11) is -3.29. The summed E-state index contributed by atoms with van der Waals surface area (Å²) < 4.78 is 27.2. The number of hydrogen-bond donors (Lipinski definition) is 0. The molecule has 1 saturated heterocycles. The van der Waals surface area contributed by atoms with Gasteiger partial charge in [0, 0.05) is 6.42 Å². The zero-order chi connectivity index (χ0) is 10.1. The van der Waals surface area contributed by atoms with Gasteiger partial charge in [0.15, 0.2) is 0 Å². The summed E-state index contributed by atoms with van der Waals surface area (Å²) in [6.07, 6.45) is 0.644. The molecule has 1 rings (SSSR count). The minimum atomic E-state index is -3.29. The maximum absolute atomic E-state index is 11.8. The van der Waals surface area contributed by atoms with Crippen molar-refractivity contribution < 1.29 is 18.1 Å². The second-order valence-corrected chi connectivity index (χ2v) is 5.38. The Bertz CT molecular complexity index is 226. The van der Waals surface area contributed by atoms with Crippen LogP contribution >= 0.6 is 7.82 Å². The maximum Gasteiger partial charge on any atom is 0.475 e. The fourth-order valence-corrected chi connectivity index (χ4v) is 3.19. The zero-order valence-corrected chi connectivity index (χ0v) is 9.47. The van der Waals surface area contributed by atoms with E-state index < -0.39 is 13.4 Å². The SMILES string of the molecule is CCOP1(=O)OC(C)CC(C)(C)O1. The molecule has 0 aromatic rings. The van der Waals surface area contributed by atoms with Crippen LogP contribution in [0.1, 0.15) is 34.1 Å². The Labute approximate surface area is 79.2 Å². The summed E-state index contributed by atoms with van der Waals surface area (Å²) in [5.41, 5.74) is -0.428. The average molecular weight is 208 g/mol. The van der Waals surface area contributed by atoms with Gasteiger partial charge in [-0.1, -0.05) is 0 Å². The van der Waals surface area contributed by atoms with Gasteiger partial charge in [-0.25, -0.2) is 4.57 Å². The summed E-state index contributed by atoms with van der Waals surface area (Å²) in [6, 6.07) is 0. The highest BCUT2D eigenvalue weighted by molar-refractivity contribution is 7.48. The first-order valence-corrected chi connectivity index (χ1v) is 5.97. The molecule has 0 amide bonds. The lowest BCUT2D eigenvalue weighted by molar-refractivity contribution is -0.0464. The van der Waals surface area contributed by atoms with E-state index in [1.807, 2.05) is 20.8 Å². The molecule has 0 saturated carbocycles. The Morgan fingerprint density at radius 2 is 2.23 bits per heavy atom. The van der Waals surface area contributed by atoms with Crippen LogP contribution in [0.25, 0.3) is 0 Å². The maximum atomic E-state index is 11.8. The van der Waals surface area contributed by atoms with Gasteiger partial charge in [-0.3, -0.25) is 13.6 Å². The molecule has 1 fully saturated rings. The monoisotopic (exact) mass is 208 g/mol. The van der Waals surface area contributed by atoms with Crippen molar-refractivity contribution in [1.82, 2.24) is 0 Å². The van der Waals surface area contributed by atoms with Crippen LogP contribution in [0.15, 0.2) is 0 Å². The Morgan fingerprint density at radius 3 is 2.69 bits per heavy atom. The lowest BCUT2D eigenvalue weighted by Gasteiger charge is -2.37. The van der Waals surface area contributed by atoms with E-state index in [2.05, 4.69) is 0 Å². The molecule has 78 valence electrons. The van der Waals surface area contributed by atoms with E-state index in [4.69, 9.17) is 13.6 Å². The van der Waals surface area contributed by atoms with E-state index in [1.165, 1.54) is 0 Å². The summed E-state index contributed by atoms with van der Waals surface area (Å²) in [5.74, 6) is 0. The normalized spacial score (nSPS) is 38.9. The molecule has 2 unspecified atom stereocenters. The predicted octanol–water partition coefficient (Wildman–Crippen LogP) is 2.74. The number of rotatable bonds is 2.